The molecule has 0 aromatic heterocycles. The molecule has 1 N–H and O–H groups in total. The zero-order valence-electron chi connectivity index (χ0n) is 11.7. The van der Waals surface area contributed by atoms with Gasteiger partial charge in [-0.25, -0.2) is 0 Å². The van der Waals surface area contributed by atoms with Gasteiger partial charge in [-0.2, -0.15) is 0 Å². The van der Waals surface area contributed by atoms with Gasteiger partial charge in [-0.3, -0.25) is 0 Å². The summed E-state index contributed by atoms with van der Waals surface area (Å²) in [6.45, 7) is 6.32. The SMILES string of the molecule is CCCCCCOCCNCC1CCCCC1. The average molecular weight is 241 g/mol. The van der Waals surface area contributed by atoms with E-state index in [4.69, 9.17) is 4.74 Å². The van der Waals surface area contributed by atoms with Crippen molar-refractivity contribution in [1.82, 2.24) is 5.32 Å². The Morgan fingerprint density at radius 2 is 1.82 bits per heavy atom. The number of ether oxygens (including phenoxy) is 1. The second-order valence-corrected chi connectivity index (χ2v) is 5.38. The monoisotopic (exact) mass is 241 g/mol. The van der Waals surface area contributed by atoms with Crippen molar-refractivity contribution in [2.45, 2.75) is 64.7 Å². The minimum Gasteiger partial charge on any atom is -0.380 e. The Kier molecular flexibility index (Phi) is 9.72. The van der Waals surface area contributed by atoms with Crippen molar-refractivity contribution in [1.29, 1.82) is 0 Å². The van der Waals surface area contributed by atoms with Gasteiger partial charge >= 0.3 is 0 Å². The van der Waals surface area contributed by atoms with E-state index in [-0.39, 0.29) is 0 Å². The van der Waals surface area contributed by atoms with Crippen molar-refractivity contribution in [3.05, 3.63) is 0 Å². The molecule has 0 aromatic rings. The highest BCUT2D eigenvalue weighted by Gasteiger charge is 2.12. The van der Waals surface area contributed by atoms with Gasteiger partial charge in [0.1, 0.15) is 0 Å². The lowest BCUT2D eigenvalue weighted by atomic mass is 9.89. The van der Waals surface area contributed by atoms with E-state index in [2.05, 4.69) is 12.2 Å². The molecule has 0 unspecified atom stereocenters. The Bertz CT molecular complexity index is 155. The van der Waals surface area contributed by atoms with Crippen LogP contribution >= 0.6 is 0 Å². The number of hydrogen-bond acceptors (Lipinski definition) is 2. The molecule has 0 bridgehead atoms. The van der Waals surface area contributed by atoms with Crippen molar-refractivity contribution >= 4 is 0 Å². The van der Waals surface area contributed by atoms with Crippen LogP contribution in [0.4, 0.5) is 0 Å². The molecule has 1 aliphatic carbocycles. The van der Waals surface area contributed by atoms with Crippen molar-refractivity contribution in [2.75, 3.05) is 26.3 Å². The fourth-order valence-corrected chi connectivity index (χ4v) is 2.57. The summed E-state index contributed by atoms with van der Waals surface area (Å²) in [5.41, 5.74) is 0. The van der Waals surface area contributed by atoms with Crippen LogP contribution in [0.3, 0.4) is 0 Å². The van der Waals surface area contributed by atoms with E-state index in [1.165, 1.54) is 64.3 Å². The predicted octanol–water partition coefficient (Wildman–Crippen LogP) is 3.75. The van der Waals surface area contributed by atoms with Gasteiger partial charge in [0.05, 0.1) is 6.61 Å². The number of hydrogen-bond donors (Lipinski definition) is 1. The molecule has 2 nitrogen and oxygen atoms in total. The molecule has 102 valence electrons. The lowest BCUT2D eigenvalue weighted by Gasteiger charge is -2.21. The second kappa shape index (κ2) is 11.0. The van der Waals surface area contributed by atoms with E-state index in [0.29, 0.717) is 0 Å². The minimum absolute atomic E-state index is 0.888. The molecule has 0 radical (unpaired) electrons. The third-order valence-corrected chi connectivity index (χ3v) is 3.72. The van der Waals surface area contributed by atoms with Crippen LogP contribution in [0.15, 0.2) is 0 Å². The van der Waals surface area contributed by atoms with Crippen LogP contribution in [-0.2, 0) is 4.74 Å². The van der Waals surface area contributed by atoms with Crippen LogP contribution in [0.2, 0.25) is 0 Å². The molecule has 0 saturated heterocycles. The largest absolute Gasteiger partial charge is 0.380 e. The first-order chi connectivity index (χ1) is 8.43. The van der Waals surface area contributed by atoms with E-state index < -0.39 is 0 Å². The van der Waals surface area contributed by atoms with E-state index in [0.717, 1.165) is 25.7 Å². The average Bonchev–Trinajstić information content (AvgIpc) is 2.38. The Labute approximate surface area is 108 Å². The van der Waals surface area contributed by atoms with Gasteiger partial charge < -0.3 is 10.1 Å². The maximum absolute atomic E-state index is 5.61. The Balaban J connectivity index is 1.75. The quantitative estimate of drug-likeness (QED) is 0.588. The molecule has 2 heteroatoms. The van der Waals surface area contributed by atoms with Crippen LogP contribution in [0.5, 0.6) is 0 Å². The Morgan fingerprint density at radius 3 is 2.59 bits per heavy atom. The van der Waals surface area contributed by atoms with Crippen LogP contribution in [0, 0.1) is 5.92 Å². The molecule has 1 saturated carbocycles. The molecule has 1 fully saturated rings. The zero-order chi connectivity index (χ0) is 12.2. The highest BCUT2D eigenvalue weighted by Crippen LogP contribution is 2.22. The molecular weight excluding hydrogens is 210 g/mol. The lowest BCUT2D eigenvalue weighted by molar-refractivity contribution is 0.130. The van der Waals surface area contributed by atoms with Gasteiger partial charge in [-0.1, -0.05) is 45.4 Å². The summed E-state index contributed by atoms with van der Waals surface area (Å²) in [6.07, 6.45) is 12.4. The van der Waals surface area contributed by atoms with Gasteiger partial charge in [-0.15, -0.1) is 0 Å². The second-order valence-electron chi connectivity index (χ2n) is 5.38. The Morgan fingerprint density at radius 1 is 1.00 bits per heavy atom. The number of unbranched alkanes of at least 4 members (excludes halogenated alkanes) is 3. The summed E-state index contributed by atoms with van der Waals surface area (Å²) in [4.78, 5) is 0. The van der Waals surface area contributed by atoms with Crippen molar-refractivity contribution < 1.29 is 4.74 Å². The topological polar surface area (TPSA) is 21.3 Å². The minimum atomic E-state index is 0.888. The summed E-state index contributed by atoms with van der Waals surface area (Å²) in [7, 11) is 0. The first-order valence-electron chi connectivity index (χ1n) is 7.72. The van der Waals surface area contributed by atoms with Gasteiger partial charge in [0, 0.05) is 13.2 Å². The maximum Gasteiger partial charge on any atom is 0.0590 e. The normalized spacial score (nSPS) is 17.5. The first kappa shape index (κ1) is 15.0. The standard InChI is InChI=1S/C15H31NO/c1-2-3-4-8-12-17-13-11-16-14-15-9-6-5-7-10-15/h15-16H,2-14H2,1H3. The summed E-state index contributed by atoms with van der Waals surface area (Å²) in [6, 6.07) is 0. The van der Waals surface area contributed by atoms with Crippen LogP contribution in [0.25, 0.3) is 0 Å². The molecule has 1 rings (SSSR count). The van der Waals surface area contributed by atoms with Gasteiger partial charge in [0.25, 0.3) is 0 Å². The van der Waals surface area contributed by atoms with E-state index in [9.17, 15) is 0 Å². The summed E-state index contributed by atoms with van der Waals surface area (Å²) < 4.78 is 5.61. The number of nitrogens with one attached hydrogen (secondary N) is 1. The zero-order valence-corrected chi connectivity index (χ0v) is 11.7. The summed E-state index contributed by atoms with van der Waals surface area (Å²) in [5, 5.41) is 3.53. The number of rotatable bonds is 10. The smallest absolute Gasteiger partial charge is 0.0590 e. The molecule has 0 amide bonds. The molecule has 0 aliphatic heterocycles. The van der Waals surface area contributed by atoms with E-state index in [1.54, 1.807) is 0 Å². The van der Waals surface area contributed by atoms with Crippen LogP contribution in [-0.4, -0.2) is 26.3 Å². The lowest BCUT2D eigenvalue weighted by Crippen LogP contribution is -2.27. The van der Waals surface area contributed by atoms with E-state index >= 15 is 0 Å². The van der Waals surface area contributed by atoms with E-state index in [1.807, 2.05) is 0 Å². The summed E-state index contributed by atoms with van der Waals surface area (Å²) >= 11 is 0. The molecule has 0 atom stereocenters. The van der Waals surface area contributed by atoms with Gasteiger partial charge in [-0.05, 0) is 31.7 Å². The van der Waals surface area contributed by atoms with Gasteiger partial charge in [0.15, 0.2) is 0 Å². The Hall–Kier alpha value is -0.0800. The van der Waals surface area contributed by atoms with Crippen LogP contribution < -0.4 is 5.32 Å². The van der Waals surface area contributed by atoms with Crippen molar-refractivity contribution in [2.24, 2.45) is 5.92 Å². The fourth-order valence-electron chi connectivity index (χ4n) is 2.57. The molecule has 17 heavy (non-hydrogen) atoms. The molecule has 0 aromatic carbocycles. The third-order valence-electron chi connectivity index (χ3n) is 3.72. The molecule has 0 spiro atoms. The molecular formula is C15H31NO. The van der Waals surface area contributed by atoms with Crippen molar-refractivity contribution in [3.8, 4) is 0 Å². The highest BCUT2D eigenvalue weighted by atomic mass is 16.5. The fraction of sp³-hybridized carbons (Fsp3) is 1.00. The molecule has 0 heterocycles. The van der Waals surface area contributed by atoms with Crippen LogP contribution in [0.1, 0.15) is 64.7 Å². The third kappa shape index (κ3) is 8.62. The van der Waals surface area contributed by atoms with Gasteiger partial charge in [0.2, 0.25) is 0 Å². The highest BCUT2D eigenvalue weighted by molar-refractivity contribution is 4.67. The summed E-state index contributed by atoms with van der Waals surface area (Å²) in [5.74, 6) is 0.938. The van der Waals surface area contributed by atoms with Crippen molar-refractivity contribution in [3.63, 3.8) is 0 Å². The first-order valence-corrected chi connectivity index (χ1v) is 7.72. The maximum atomic E-state index is 5.61. The molecule has 1 aliphatic rings. The predicted molar refractivity (Wildman–Crippen MR) is 74.4 cm³/mol.